The van der Waals surface area contributed by atoms with E-state index in [2.05, 4.69) is 5.32 Å². The molecule has 4 rings (SSSR count). The van der Waals surface area contributed by atoms with Gasteiger partial charge in [-0.1, -0.05) is 48.5 Å². The molecule has 0 saturated heterocycles. The van der Waals surface area contributed by atoms with Gasteiger partial charge in [0.25, 0.3) is 15.7 Å². The summed E-state index contributed by atoms with van der Waals surface area (Å²) in [6, 6.07) is 18.9. The van der Waals surface area contributed by atoms with E-state index in [0.717, 1.165) is 16.4 Å². The second kappa shape index (κ2) is 10.1. The summed E-state index contributed by atoms with van der Waals surface area (Å²) >= 11 is 0. The molecule has 3 aromatic carbocycles. The summed E-state index contributed by atoms with van der Waals surface area (Å²) in [5, 5.41) is 23.3. The molecule has 184 valence electrons. The Morgan fingerprint density at radius 2 is 1.56 bits per heavy atom. The van der Waals surface area contributed by atoms with Crippen LogP contribution in [0.2, 0.25) is 0 Å². The number of hydrogen-bond donors (Lipinski definition) is 2. The number of benzene rings is 3. The number of Topliss-reactive ketones (excluding diaryl/α,β-unsaturated/α-hetero) is 2. The molecule has 0 atom stereocenters. The van der Waals surface area contributed by atoms with Gasteiger partial charge in [0.05, 0.1) is 28.7 Å². The van der Waals surface area contributed by atoms with E-state index >= 15 is 0 Å². The number of ketones is 2. The zero-order chi connectivity index (χ0) is 25.9. The Morgan fingerprint density at radius 1 is 0.917 bits per heavy atom. The van der Waals surface area contributed by atoms with Crippen molar-refractivity contribution in [3.63, 3.8) is 0 Å². The van der Waals surface area contributed by atoms with Crippen molar-refractivity contribution in [1.29, 1.82) is 0 Å². The normalized spacial score (nSPS) is 14.2. The largest absolute Gasteiger partial charge is 0.395 e. The summed E-state index contributed by atoms with van der Waals surface area (Å²) in [5.41, 5.74) is 0.179. The van der Waals surface area contributed by atoms with E-state index in [4.69, 9.17) is 0 Å². The lowest BCUT2D eigenvalue weighted by Crippen LogP contribution is -2.43. The minimum Gasteiger partial charge on any atom is -0.395 e. The van der Waals surface area contributed by atoms with E-state index in [0.29, 0.717) is 0 Å². The number of nitro benzene ring substituents is 1. The van der Waals surface area contributed by atoms with E-state index in [1.165, 1.54) is 36.4 Å². The highest BCUT2D eigenvalue weighted by atomic mass is 32.2. The zero-order valence-corrected chi connectivity index (χ0v) is 19.6. The van der Waals surface area contributed by atoms with Crippen LogP contribution in [0.3, 0.4) is 0 Å². The van der Waals surface area contributed by atoms with Gasteiger partial charge in [-0.25, -0.2) is 8.42 Å². The fraction of sp³-hybridized carbons (Fsp3) is 0.120. The van der Waals surface area contributed by atoms with Gasteiger partial charge in [-0.05, 0) is 18.2 Å². The summed E-state index contributed by atoms with van der Waals surface area (Å²) in [4.78, 5) is 37.0. The van der Waals surface area contributed by atoms with E-state index in [1.807, 2.05) is 0 Å². The van der Waals surface area contributed by atoms with Crippen molar-refractivity contribution < 1.29 is 28.0 Å². The number of rotatable bonds is 9. The highest BCUT2D eigenvalue weighted by Gasteiger charge is 2.41. The Bertz CT molecular complexity index is 1470. The molecule has 0 spiro atoms. The molecule has 1 heterocycles. The molecule has 10 nitrogen and oxygen atoms in total. The standard InChI is InChI=1S/C25H21N3O7S/c29-15-14-26-23-20-8-4-5-9-22(20)36(34,35)27(24(23)25(31)18-6-2-1-3-7-18)16-21(30)17-10-12-19(13-11-17)28(32)33/h1-13,26,29H,14-16H2. The Morgan fingerprint density at radius 3 is 2.19 bits per heavy atom. The molecule has 0 amide bonds. The predicted octanol–water partition coefficient (Wildman–Crippen LogP) is 2.62. The molecule has 1 aliphatic rings. The van der Waals surface area contributed by atoms with Crippen LogP contribution in [0.25, 0.3) is 5.70 Å². The van der Waals surface area contributed by atoms with Crippen LogP contribution >= 0.6 is 0 Å². The van der Waals surface area contributed by atoms with Gasteiger partial charge in [0.1, 0.15) is 5.70 Å². The van der Waals surface area contributed by atoms with Crippen LogP contribution in [-0.2, 0) is 10.0 Å². The number of hydrogen-bond acceptors (Lipinski definition) is 8. The van der Waals surface area contributed by atoms with Crippen molar-refractivity contribution in [2.75, 3.05) is 19.7 Å². The zero-order valence-electron chi connectivity index (χ0n) is 18.8. The van der Waals surface area contributed by atoms with E-state index in [-0.39, 0.29) is 51.8 Å². The molecule has 0 saturated carbocycles. The van der Waals surface area contributed by atoms with Crippen LogP contribution in [0, 0.1) is 10.1 Å². The van der Waals surface area contributed by atoms with Gasteiger partial charge in [-0.3, -0.25) is 24.0 Å². The van der Waals surface area contributed by atoms with E-state index in [9.17, 15) is 33.2 Å². The number of sulfonamides is 1. The number of nitro groups is 1. The van der Waals surface area contributed by atoms with Crippen LogP contribution in [0.4, 0.5) is 5.69 Å². The first kappa shape index (κ1) is 24.8. The van der Waals surface area contributed by atoms with Gasteiger partial charge < -0.3 is 10.4 Å². The average Bonchev–Trinajstić information content (AvgIpc) is 2.89. The third kappa shape index (κ3) is 4.61. The second-order valence-electron chi connectivity index (χ2n) is 7.80. The molecular weight excluding hydrogens is 486 g/mol. The number of aliphatic hydroxyl groups is 1. The summed E-state index contributed by atoms with van der Waals surface area (Å²) in [6.07, 6.45) is 0. The van der Waals surface area contributed by atoms with Crippen LogP contribution in [0.15, 0.2) is 89.5 Å². The minimum atomic E-state index is -4.34. The van der Waals surface area contributed by atoms with Crippen molar-refractivity contribution in [3.8, 4) is 0 Å². The van der Waals surface area contributed by atoms with Crippen molar-refractivity contribution in [2.24, 2.45) is 0 Å². The molecule has 11 heteroatoms. The topological polar surface area (TPSA) is 147 Å². The van der Waals surface area contributed by atoms with Crippen molar-refractivity contribution in [3.05, 3.63) is 111 Å². The van der Waals surface area contributed by atoms with Gasteiger partial charge >= 0.3 is 0 Å². The first-order valence-corrected chi connectivity index (χ1v) is 12.3. The summed E-state index contributed by atoms with van der Waals surface area (Å²) in [6.45, 7) is -0.973. The number of aliphatic hydroxyl groups excluding tert-OH is 1. The van der Waals surface area contributed by atoms with Gasteiger partial charge in [-0.15, -0.1) is 0 Å². The number of carbonyl (C=O) groups excluding carboxylic acids is 2. The smallest absolute Gasteiger partial charge is 0.269 e. The van der Waals surface area contributed by atoms with Crippen LogP contribution in [0.5, 0.6) is 0 Å². The molecule has 1 aliphatic heterocycles. The summed E-state index contributed by atoms with van der Waals surface area (Å²) in [7, 11) is -4.34. The average molecular weight is 508 g/mol. The number of fused-ring (bicyclic) bond motifs is 1. The minimum absolute atomic E-state index is 0.0272. The van der Waals surface area contributed by atoms with Crippen LogP contribution in [-0.4, -0.2) is 54.0 Å². The highest BCUT2D eigenvalue weighted by Crippen LogP contribution is 2.37. The number of nitrogens with zero attached hydrogens (tertiary/aromatic N) is 2. The quantitative estimate of drug-likeness (QED) is 0.255. The molecule has 0 unspecified atom stereocenters. The molecule has 36 heavy (non-hydrogen) atoms. The monoisotopic (exact) mass is 507 g/mol. The molecular formula is C25H21N3O7S. The lowest BCUT2D eigenvalue weighted by Gasteiger charge is -2.33. The van der Waals surface area contributed by atoms with E-state index < -0.39 is 33.1 Å². The first-order valence-electron chi connectivity index (χ1n) is 10.8. The first-order chi connectivity index (χ1) is 17.3. The highest BCUT2D eigenvalue weighted by molar-refractivity contribution is 7.89. The van der Waals surface area contributed by atoms with Crippen LogP contribution in [0.1, 0.15) is 26.3 Å². The van der Waals surface area contributed by atoms with Gasteiger partial charge in [0.2, 0.25) is 5.78 Å². The number of nitrogens with one attached hydrogen (secondary N) is 1. The predicted molar refractivity (Wildman–Crippen MR) is 131 cm³/mol. The lowest BCUT2D eigenvalue weighted by molar-refractivity contribution is -0.384. The number of allylic oxidation sites excluding steroid dienone is 1. The molecule has 3 aromatic rings. The number of non-ortho nitro benzene ring substituents is 1. The maximum Gasteiger partial charge on any atom is 0.269 e. The molecule has 2 N–H and O–H groups in total. The lowest BCUT2D eigenvalue weighted by atomic mass is 10.0. The second-order valence-corrected chi connectivity index (χ2v) is 9.63. The third-order valence-corrected chi connectivity index (χ3v) is 7.37. The van der Waals surface area contributed by atoms with Crippen molar-refractivity contribution in [1.82, 2.24) is 9.62 Å². The molecule has 0 bridgehead atoms. The van der Waals surface area contributed by atoms with Gasteiger partial charge in [-0.2, -0.15) is 0 Å². The van der Waals surface area contributed by atoms with Gasteiger partial charge in [0, 0.05) is 35.4 Å². The Kier molecular flexibility index (Phi) is 6.95. The van der Waals surface area contributed by atoms with Crippen molar-refractivity contribution >= 4 is 33.0 Å². The molecule has 0 aromatic heterocycles. The summed E-state index contributed by atoms with van der Waals surface area (Å²) in [5.74, 6) is -1.29. The molecule has 0 aliphatic carbocycles. The summed E-state index contributed by atoms with van der Waals surface area (Å²) < 4.78 is 28.2. The number of carbonyl (C=O) groups is 2. The van der Waals surface area contributed by atoms with Crippen LogP contribution < -0.4 is 5.32 Å². The van der Waals surface area contributed by atoms with E-state index in [1.54, 1.807) is 30.3 Å². The van der Waals surface area contributed by atoms with Gasteiger partial charge in [0.15, 0.2) is 5.78 Å². The molecule has 0 radical (unpaired) electrons. The van der Waals surface area contributed by atoms with Crippen molar-refractivity contribution in [2.45, 2.75) is 4.90 Å². The maximum atomic E-state index is 13.7. The Balaban J connectivity index is 1.87. The molecule has 0 fully saturated rings. The Labute approximate surface area is 206 Å². The fourth-order valence-electron chi connectivity index (χ4n) is 3.86. The fourth-order valence-corrected chi connectivity index (χ4v) is 5.49. The Hall–Kier alpha value is -4.35. The SMILES string of the molecule is O=C(CN1C(C(=O)c2ccccc2)=C(NCCO)c2ccccc2S1(=O)=O)c1ccc([N+](=O)[O-])cc1. The third-order valence-electron chi connectivity index (χ3n) is 5.56. The maximum absolute atomic E-state index is 13.7.